The van der Waals surface area contributed by atoms with Crippen LogP contribution >= 0.6 is 11.8 Å². The topological polar surface area (TPSA) is 59.8 Å². The Morgan fingerprint density at radius 3 is 2.70 bits per heavy atom. The van der Waals surface area contributed by atoms with Crippen molar-refractivity contribution in [3.63, 3.8) is 0 Å². The molecular formula is C21H22N4OS. The van der Waals surface area contributed by atoms with Crippen LogP contribution in [0.2, 0.25) is 0 Å². The largest absolute Gasteiger partial charge is 0.325 e. The molecule has 0 bridgehead atoms. The Labute approximate surface area is 163 Å². The van der Waals surface area contributed by atoms with Crippen molar-refractivity contribution in [2.75, 3.05) is 11.1 Å². The number of amides is 1. The van der Waals surface area contributed by atoms with Crippen molar-refractivity contribution in [2.24, 2.45) is 0 Å². The van der Waals surface area contributed by atoms with Crippen LogP contribution < -0.4 is 5.32 Å². The third-order valence-electron chi connectivity index (χ3n) is 4.56. The van der Waals surface area contributed by atoms with Crippen LogP contribution in [0.4, 0.5) is 5.69 Å². The van der Waals surface area contributed by atoms with Gasteiger partial charge in [0.2, 0.25) is 11.1 Å². The summed E-state index contributed by atoms with van der Waals surface area (Å²) in [6, 6.07) is 16.1. The van der Waals surface area contributed by atoms with E-state index in [4.69, 9.17) is 4.98 Å². The summed E-state index contributed by atoms with van der Waals surface area (Å²) >= 11 is 1.38. The standard InChI is InChI=1S/C21H22N4OS/c1-14-8-9-15(2)18(12-14)22-19(26)13-27-21-23-20(16-10-11-16)25(24-21)17-6-4-3-5-7-17/h3-9,12,16H,10-11,13H2,1-2H3,(H,22,26). The molecule has 1 aromatic heterocycles. The van der Waals surface area contributed by atoms with Crippen molar-refractivity contribution in [2.45, 2.75) is 37.8 Å². The second-order valence-corrected chi connectivity index (χ2v) is 7.87. The van der Waals surface area contributed by atoms with Crippen LogP contribution in [-0.4, -0.2) is 26.4 Å². The molecule has 1 aliphatic rings. The molecule has 0 atom stereocenters. The Morgan fingerprint density at radius 1 is 1.19 bits per heavy atom. The SMILES string of the molecule is Cc1ccc(C)c(NC(=O)CSc2nc(C3CC3)n(-c3ccccc3)n2)c1. The second-order valence-electron chi connectivity index (χ2n) is 6.93. The van der Waals surface area contributed by atoms with Gasteiger partial charge in [-0.15, -0.1) is 5.10 Å². The van der Waals surface area contributed by atoms with Gasteiger partial charge < -0.3 is 5.32 Å². The molecule has 4 rings (SSSR count). The van der Waals surface area contributed by atoms with Gasteiger partial charge in [-0.25, -0.2) is 9.67 Å². The zero-order valence-electron chi connectivity index (χ0n) is 15.5. The second kappa shape index (κ2) is 7.56. The van der Waals surface area contributed by atoms with Crippen molar-refractivity contribution >= 4 is 23.4 Å². The molecule has 1 amide bonds. The Morgan fingerprint density at radius 2 is 1.96 bits per heavy atom. The molecule has 0 spiro atoms. The first-order valence-electron chi connectivity index (χ1n) is 9.12. The van der Waals surface area contributed by atoms with Gasteiger partial charge in [-0.3, -0.25) is 4.79 Å². The number of thioether (sulfide) groups is 1. The number of nitrogens with one attached hydrogen (secondary N) is 1. The number of hydrogen-bond acceptors (Lipinski definition) is 4. The van der Waals surface area contributed by atoms with Crippen LogP contribution in [0.25, 0.3) is 5.69 Å². The van der Waals surface area contributed by atoms with E-state index in [1.54, 1.807) is 0 Å². The molecule has 6 heteroatoms. The molecule has 1 saturated carbocycles. The maximum atomic E-state index is 12.4. The van der Waals surface area contributed by atoms with E-state index in [9.17, 15) is 4.79 Å². The van der Waals surface area contributed by atoms with Crippen LogP contribution in [0, 0.1) is 13.8 Å². The summed E-state index contributed by atoms with van der Waals surface area (Å²) in [7, 11) is 0. The molecule has 0 radical (unpaired) electrons. The summed E-state index contributed by atoms with van der Waals surface area (Å²) in [4.78, 5) is 17.1. The molecule has 138 valence electrons. The van der Waals surface area contributed by atoms with E-state index in [0.29, 0.717) is 11.1 Å². The summed E-state index contributed by atoms with van der Waals surface area (Å²) in [5.41, 5.74) is 4.06. The van der Waals surface area contributed by atoms with Crippen LogP contribution in [0.15, 0.2) is 53.7 Å². The van der Waals surface area contributed by atoms with Gasteiger partial charge in [-0.1, -0.05) is 42.1 Å². The molecule has 27 heavy (non-hydrogen) atoms. The average molecular weight is 379 g/mol. The van der Waals surface area contributed by atoms with Gasteiger partial charge >= 0.3 is 0 Å². The van der Waals surface area contributed by atoms with Gasteiger partial charge in [0.05, 0.1) is 11.4 Å². The highest BCUT2D eigenvalue weighted by Gasteiger charge is 2.30. The van der Waals surface area contributed by atoms with Gasteiger partial charge in [0.25, 0.3) is 0 Å². The minimum absolute atomic E-state index is 0.0438. The fourth-order valence-electron chi connectivity index (χ4n) is 2.92. The number of rotatable bonds is 6. The highest BCUT2D eigenvalue weighted by Crippen LogP contribution is 2.40. The minimum Gasteiger partial charge on any atom is -0.325 e. The molecule has 3 aromatic rings. The van der Waals surface area contributed by atoms with E-state index in [2.05, 4.69) is 10.4 Å². The quantitative estimate of drug-likeness (QED) is 0.642. The summed E-state index contributed by atoms with van der Waals surface area (Å²) in [6.07, 6.45) is 2.31. The zero-order valence-corrected chi connectivity index (χ0v) is 16.3. The zero-order chi connectivity index (χ0) is 18.8. The molecule has 2 aromatic carbocycles. The third-order valence-corrected chi connectivity index (χ3v) is 5.39. The normalized spacial score (nSPS) is 13.6. The van der Waals surface area contributed by atoms with E-state index in [1.807, 2.05) is 67.1 Å². The number of aryl methyl sites for hydroxylation is 2. The maximum absolute atomic E-state index is 12.4. The fraction of sp³-hybridized carbons (Fsp3) is 0.286. The highest BCUT2D eigenvalue weighted by molar-refractivity contribution is 7.99. The third kappa shape index (κ3) is 4.22. The van der Waals surface area contributed by atoms with Crippen LogP contribution in [-0.2, 0) is 4.79 Å². The number of hydrogen-bond donors (Lipinski definition) is 1. The molecule has 0 saturated heterocycles. The molecule has 0 aliphatic heterocycles. The monoisotopic (exact) mass is 378 g/mol. The molecule has 1 heterocycles. The van der Waals surface area contributed by atoms with E-state index < -0.39 is 0 Å². The van der Waals surface area contributed by atoms with Crippen molar-refractivity contribution in [1.82, 2.24) is 14.8 Å². The Kier molecular flexibility index (Phi) is 4.99. The van der Waals surface area contributed by atoms with E-state index in [0.717, 1.165) is 41.2 Å². The van der Waals surface area contributed by atoms with Gasteiger partial charge in [-0.2, -0.15) is 0 Å². The molecular weight excluding hydrogens is 356 g/mol. The fourth-order valence-corrected chi connectivity index (χ4v) is 3.55. The number of anilines is 1. The first-order chi connectivity index (χ1) is 13.1. The Balaban J connectivity index is 1.45. The van der Waals surface area contributed by atoms with Crippen molar-refractivity contribution in [3.8, 4) is 5.69 Å². The van der Waals surface area contributed by atoms with Gasteiger partial charge in [0, 0.05) is 11.6 Å². The molecule has 1 N–H and O–H groups in total. The number of carbonyl (C=O) groups excluding carboxylic acids is 1. The van der Waals surface area contributed by atoms with Gasteiger partial charge in [0.1, 0.15) is 5.82 Å². The van der Waals surface area contributed by atoms with Gasteiger partial charge in [0.15, 0.2) is 0 Å². The smallest absolute Gasteiger partial charge is 0.234 e. The van der Waals surface area contributed by atoms with Crippen LogP contribution in [0.5, 0.6) is 0 Å². The summed E-state index contributed by atoms with van der Waals surface area (Å²) < 4.78 is 1.92. The van der Waals surface area contributed by atoms with E-state index in [1.165, 1.54) is 11.8 Å². The van der Waals surface area contributed by atoms with Crippen LogP contribution in [0.3, 0.4) is 0 Å². The van der Waals surface area contributed by atoms with Crippen molar-refractivity contribution in [1.29, 1.82) is 0 Å². The lowest BCUT2D eigenvalue weighted by Gasteiger charge is -2.08. The molecule has 5 nitrogen and oxygen atoms in total. The lowest BCUT2D eigenvalue weighted by molar-refractivity contribution is -0.113. The predicted octanol–water partition coefficient (Wildman–Crippen LogP) is 4.49. The highest BCUT2D eigenvalue weighted by atomic mass is 32.2. The summed E-state index contributed by atoms with van der Waals surface area (Å²) in [6.45, 7) is 4.01. The Hall–Kier alpha value is -2.60. The number of aromatic nitrogens is 3. The number of para-hydroxylation sites is 1. The lowest BCUT2D eigenvalue weighted by atomic mass is 10.1. The van der Waals surface area contributed by atoms with Crippen LogP contribution in [0.1, 0.15) is 35.7 Å². The Bertz CT molecular complexity index is 964. The van der Waals surface area contributed by atoms with Gasteiger partial charge in [-0.05, 0) is 56.0 Å². The molecule has 0 unspecified atom stereocenters. The summed E-state index contributed by atoms with van der Waals surface area (Å²) in [5, 5.41) is 8.28. The number of benzene rings is 2. The van der Waals surface area contributed by atoms with Crippen molar-refractivity contribution < 1.29 is 4.79 Å². The lowest BCUT2D eigenvalue weighted by Crippen LogP contribution is -2.15. The predicted molar refractivity (Wildman–Crippen MR) is 109 cm³/mol. The first kappa shape index (κ1) is 17.8. The average Bonchev–Trinajstić information content (AvgIpc) is 3.43. The summed E-state index contributed by atoms with van der Waals surface area (Å²) in [5.74, 6) is 1.73. The minimum atomic E-state index is -0.0438. The number of carbonyl (C=O) groups is 1. The van der Waals surface area contributed by atoms with E-state index in [-0.39, 0.29) is 11.7 Å². The maximum Gasteiger partial charge on any atom is 0.234 e. The van der Waals surface area contributed by atoms with Crippen molar-refractivity contribution in [3.05, 3.63) is 65.5 Å². The molecule has 1 aliphatic carbocycles. The van der Waals surface area contributed by atoms with E-state index >= 15 is 0 Å². The number of nitrogens with zero attached hydrogens (tertiary/aromatic N) is 3. The molecule has 1 fully saturated rings. The first-order valence-corrected chi connectivity index (χ1v) is 10.1.